The van der Waals surface area contributed by atoms with E-state index in [0.29, 0.717) is 5.89 Å². The summed E-state index contributed by atoms with van der Waals surface area (Å²) in [6.07, 6.45) is 0. The average molecular weight is 770 g/mol. The van der Waals surface area contributed by atoms with Crippen molar-refractivity contribution in [3.05, 3.63) is 211 Å². The molecular formula is C56H39N3O. The van der Waals surface area contributed by atoms with Crippen molar-refractivity contribution in [1.82, 2.24) is 9.55 Å². The molecule has 1 aliphatic carbocycles. The molecule has 2 heterocycles. The minimum atomic E-state index is -0.129. The van der Waals surface area contributed by atoms with Crippen molar-refractivity contribution in [1.29, 1.82) is 0 Å². The number of aromatic nitrogens is 2. The fraction of sp³-hybridized carbons (Fsp3) is 0.0536. The zero-order chi connectivity index (χ0) is 40.0. The highest BCUT2D eigenvalue weighted by molar-refractivity contribution is 6.25. The minimum absolute atomic E-state index is 0.129. The van der Waals surface area contributed by atoms with Crippen molar-refractivity contribution in [2.75, 3.05) is 4.90 Å². The molecule has 0 radical (unpaired) electrons. The Hall–Kier alpha value is -7.69. The van der Waals surface area contributed by atoms with Crippen LogP contribution in [0.3, 0.4) is 0 Å². The Kier molecular flexibility index (Phi) is 7.54. The van der Waals surface area contributed by atoms with E-state index in [0.717, 1.165) is 55.9 Å². The topological polar surface area (TPSA) is 34.2 Å². The molecule has 2 aromatic heterocycles. The van der Waals surface area contributed by atoms with Crippen molar-refractivity contribution in [3.8, 4) is 39.4 Å². The van der Waals surface area contributed by atoms with Gasteiger partial charge in [0.2, 0.25) is 5.89 Å². The van der Waals surface area contributed by atoms with Crippen LogP contribution in [0.2, 0.25) is 0 Å². The van der Waals surface area contributed by atoms with Crippen molar-refractivity contribution >= 4 is 60.7 Å². The molecule has 0 fully saturated rings. The number of hydrogen-bond donors (Lipinski definition) is 0. The lowest BCUT2D eigenvalue weighted by molar-refractivity contribution is 0.620. The van der Waals surface area contributed by atoms with Crippen LogP contribution in [0.4, 0.5) is 17.1 Å². The zero-order valence-electron chi connectivity index (χ0n) is 33.3. The minimum Gasteiger partial charge on any atom is -0.434 e. The number of oxazole rings is 1. The van der Waals surface area contributed by atoms with Gasteiger partial charge in [-0.25, -0.2) is 4.98 Å². The summed E-state index contributed by atoms with van der Waals surface area (Å²) < 4.78 is 9.25. The molecule has 4 nitrogen and oxygen atoms in total. The molecule has 0 N–H and O–H groups in total. The van der Waals surface area contributed by atoms with Crippen LogP contribution in [0.15, 0.2) is 205 Å². The molecule has 1 aliphatic rings. The first-order chi connectivity index (χ1) is 29.5. The molecule has 0 amide bonds. The molecule has 0 spiro atoms. The SMILES string of the molecule is CC1(C)c2ccccc2-c2ccc(-n3c4ccccc4c4c5ccccc5c(N(c5ccc(-c6ccccc6)cc5)c5cccc6nc(-c7ccccc7)oc56)cc43)cc21. The predicted molar refractivity (Wildman–Crippen MR) is 249 cm³/mol. The van der Waals surface area contributed by atoms with Crippen molar-refractivity contribution in [2.24, 2.45) is 0 Å². The molecule has 9 aromatic carbocycles. The van der Waals surface area contributed by atoms with E-state index in [2.05, 4.69) is 187 Å². The summed E-state index contributed by atoms with van der Waals surface area (Å²) in [4.78, 5) is 7.38. The highest BCUT2D eigenvalue weighted by Gasteiger charge is 2.35. The predicted octanol–water partition coefficient (Wildman–Crippen LogP) is 15.2. The summed E-state index contributed by atoms with van der Waals surface area (Å²) in [5.41, 5.74) is 16.5. The third-order valence-corrected chi connectivity index (χ3v) is 12.6. The van der Waals surface area contributed by atoms with E-state index >= 15 is 0 Å². The van der Waals surface area contributed by atoms with E-state index in [1.54, 1.807) is 0 Å². The maximum atomic E-state index is 6.77. The van der Waals surface area contributed by atoms with E-state index in [1.807, 2.05) is 36.4 Å². The summed E-state index contributed by atoms with van der Waals surface area (Å²) in [5.74, 6) is 0.597. The first-order valence-electron chi connectivity index (χ1n) is 20.6. The number of benzene rings is 9. The van der Waals surface area contributed by atoms with Gasteiger partial charge in [-0.2, -0.15) is 0 Å². The second-order valence-corrected chi connectivity index (χ2v) is 16.3. The molecular weight excluding hydrogens is 731 g/mol. The van der Waals surface area contributed by atoms with Crippen LogP contribution in [-0.2, 0) is 5.41 Å². The summed E-state index contributed by atoms with van der Waals surface area (Å²) in [7, 11) is 0. The molecule has 4 heteroatoms. The van der Waals surface area contributed by atoms with Gasteiger partial charge in [0.05, 0.1) is 22.4 Å². The summed E-state index contributed by atoms with van der Waals surface area (Å²) >= 11 is 0. The Morgan fingerprint density at radius 1 is 0.483 bits per heavy atom. The Balaban J connectivity index is 1.14. The van der Waals surface area contributed by atoms with Gasteiger partial charge in [0, 0.05) is 38.5 Å². The fourth-order valence-electron chi connectivity index (χ4n) is 9.76. The van der Waals surface area contributed by atoms with Gasteiger partial charge >= 0.3 is 0 Å². The van der Waals surface area contributed by atoms with E-state index in [9.17, 15) is 0 Å². The van der Waals surface area contributed by atoms with Gasteiger partial charge in [0.15, 0.2) is 5.58 Å². The lowest BCUT2D eigenvalue weighted by Crippen LogP contribution is -2.15. The van der Waals surface area contributed by atoms with E-state index in [-0.39, 0.29) is 5.41 Å². The number of nitrogens with zero attached hydrogens (tertiary/aromatic N) is 3. The Morgan fingerprint density at radius 2 is 1.13 bits per heavy atom. The molecule has 11 aromatic rings. The molecule has 0 saturated carbocycles. The third-order valence-electron chi connectivity index (χ3n) is 12.6. The van der Waals surface area contributed by atoms with Crippen LogP contribution >= 0.6 is 0 Å². The van der Waals surface area contributed by atoms with Gasteiger partial charge in [-0.15, -0.1) is 0 Å². The lowest BCUT2D eigenvalue weighted by Gasteiger charge is -2.27. The van der Waals surface area contributed by atoms with Crippen molar-refractivity contribution in [2.45, 2.75) is 19.3 Å². The van der Waals surface area contributed by atoms with E-state index in [4.69, 9.17) is 9.40 Å². The highest BCUT2D eigenvalue weighted by Crippen LogP contribution is 2.51. The van der Waals surface area contributed by atoms with Crippen molar-refractivity contribution in [3.63, 3.8) is 0 Å². The van der Waals surface area contributed by atoms with Gasteiger partial charge < -0.3 is 13.9 Å². The first-order valence-corrected chi connectivity index (χ1v) is 20.6. The normalized spacial score (nSPS) is 13.0. The van der Waals surface area contributed by atoms with Gasteiger partial charge in [-0.05, 0) is 99.4 Å². The quantitative estimate of drug-likeness (QED) is 0.169. The number of fused-ring (bicyclic) bond motifs is 9. The number of rotatable bonds is 6. The maximum Gasteiger partial charge on any atom is 0.227 e. The monoisotopic (exact) mass is 769 g/mol. The number of anilines is 3. The molecule has 0 bridgehead atoms. The van der Waals surface area contributed by atoms with Gasteiger partial charge in [0.25, 0.3) is 0 Å². The van der Waals surface area contributed by atoms with E-state index < -0.39 is 0 Å². The Bertz CT molecular complexity index is 3450. The van der Waals surface area contributed by atoms with Gasteiger partial charge in [-0.3, -0.25) is 0 Å². The van der Waals surface area contributed by atoms with Gasteiger partial charge in [-0.1, -0.05) is 153 Å². The van der Waals surface area contributed by atoms with Crippen LogP contribution < -0.4 is 4.90 Å². The molecule has 60 heavy (non-hydrogen) atoms. The summed E-state index contributed by atoms with van der Waals surface area (Å²) in [6, 6.07) is 71.9. The van der Waals surface area contributed by atoms with Crippen LogP contribution in [0.5, 0.6) is 0 Å². The number of hydrogen-bond acceptors (Lipinski definition) is 3. The lowest BCUT2D eigenvalue weighted by atomic mass is 9.82. The smallest absolute Gasteiger partial charge is 0.227 e. The molecule has 12 rings (SSSR count). The number of para-hydroxylation sites is 2. The molecule has 0 unspecified atom stereocenters. The Morgan fingerprint density at radius 3 is 1.93 bits per heavy atom. The maximum absolute atomic E-state index is 6.77. The van der Waals surface area contributed by atoms with E-state index in [1.165, 1.54) is 49.5 Å². The van der Waals surface area contributed by atoms with Crippen LogP contribution in [-0.4, -0.2) is 9.55 Å². The van der Waals surface area contributed by atoms with Crippen LogP contribution in [0.25, 0.3) is 83.1 Å². The molecule has 0 saturated heterocycles. The summed E-state index contributed by atoms with van der Waals surface area (Å²) in [6.45, 7) is 4.71. The zero-order valence-corrected chi connectivity index (χ0v) is 33.3. The fourth-order valence-corrected chi connectivity index (χ4v) is 9.76. The van der Waals surface area contributed by atoms with Crippen LogP contribution in [0, 0.1) is 0 Å². The largest absolute Gasteiger partial charge is 0.434 e. The molecule has 0 aliphatic heterocycles. The highest BCUT2D eigenvalue weighted by atomic mass is 16.3. The third kappa shape index (κ3) is 5.14. The summed E-state index contributed by atoms with van der Waals surface area (Å²) in [5, 5.41) is 4.79. The van der Waals surface area contributed by atoms with Crippen LogP contribution in [0.1, 0.15) is 25.0 Å². The van der Waals surface area contributed by atoms with Crippen molar-refractivity contribution < 1.29 is 4.42 Å². The molecule has 0 atom stereocenters. The second-order valence-electron chi connectivity index (χ2n) is 16.3. The standard InChI is InChI=1S/C56H39N3O/c1-56(2)46-24-13-11-20-41(46)42-33-32-40(34-47(42)56)59-49-26-14-12-23-45(49)53-44-22-10-9-21-43(44)51(35-52(53)59)58(39-30-28-37(29-31-39)36-16-5-3-6-17-36)50-27-15-25-48-54(50)60-55(57-48)38-18-7-4-8-19-38/h3-35H,1-2H3. The molecule has 284 valence electrons. The first kappa shape index (κ1) is 34.4. The van der Waals surface area contributed by atoms with Gasteiger partial charge in [0.1, 0.15) is 5.52 Å². The second kappa shape index (κ2) is 13.2. The Labute approximate surface area is 348 Å². The average Bonchev–Trinajstić information content (AvgIpc) is 3.96.